The van der Waals surface area contributed by atoms with Gasteiger partial charge in [-0.3, -0.25) is 9.59 Å². The van der Waals surface area contributed by atoms with Crippen LogP contribution in [0.15, 0.2) is 34.2 Å². The van der Waals surface area contributed by atoms with Crippen LogP contribution in [-0.2, 0) is 4.79 Å². The molecular weight excluding hydrogens is 272 g/mol. The molecule has 1 amide bonds. The van der Waals surface area contributed by atoms with Crippen LogP contribution in [-0.4, -0.2) is 21.0 Å². The molecule has 0 atom stereocenters. The van der Waals surface area contributed by atoms with E-state index in [1.165, 1.54) is 31.3 Å². The van der Waals surface area contributed by atoms with Crippen LogP contribution in [0, 0.1) is 10.6 Å². The summed E-state index contributed by atoms with van der Waals surface area (Å²) >= 11 is 5.95. The van der Waals surface area contributed by atoms with E-state index in [4.69, 9.17) is 11.6 Å². The number of aromatic hydroxyl groups is 1. The highest BCUT2D eigenvalue weighted by molar-refractivity contribution is 6.30. The van der Waals surface area contributed by atoms with E-state index in [0.29, 0.717) is 4.73 Å². The number of hydrogen-bond donors (Lipinski definition) is 2. The first-order valence-electron chi connectivity index (χ1n) is 5.23. The van der Waals surface area contributed by atoms with Crippen molar-refractivity contribution in [2.75, 3.05) is 0 Å². The molecule has 1 heterocycles. The van der Waals surface area contributed by atoms with Crippen LogP contribution in [0.3, 0.4) is 0 Å². The van der Waals surface area contributed by atoms with E-state index in [-0.39, 0.29) is 26.7 Å². The highest BCUT2D eigenvalue weighted by Gasteiger charge is 2.08. The van der Waals surface area contributed by atoms with Gasteiger partial charge in [-0.2, -0.15) is 4.73 Å². The minimum atomic E-state index is -0.689. The van der Waals surface area contributed by atoms with Gasteiger partial charge in [-0.15, -0.1) is 0 Å². The number of halogens is 1. The fourth-order valence-corrected chi connectivity index (χ4v) is 1.98. The van der Waals surface area contributed by atoms with Crippen molar-refractivity contribution in [2.45, 2.75) is 6.92 Å². The topological polar surface area (TPSA) is 91.9 Å². The zero-order valence-corrected chi connectivity index (χ0v) is 10.5. The first-order valence-corrected chi connectivity index (χ1v) is 5.61. The summed E-state index contributed by atoms with van der Waals surface area (Å²) < 4.78 is 0.621. The van der Waals surface area contributed by atoms with Crippen molar-refractivity contribution < 1.29 is 15.1 Å². The molecule has 0 unspecified atom stereocenters. The summed E-state index contributed by atoms with van der Waals surface area (Å²) in [6.45, 7) is 1.19. The second-order valence-electron chi connectivity index (χ2n) is 3.80. The van der Waals surface area contributed by atoms with E-state index >= 15 is 0 Å². The SMILES string of the molecule is CC(=O)N=c1cc(Cl)c2n(O)cccc(O)c=2c1=O. The molecule has 2 aliphatic rings. The van der Waals surface area contributed by atoms with E-state index in [1.807, 2.05) is 0 Å². The number of carbonyl (C=O) groups is 1. The van der Waals surface area contributed by atoms with Gasteiger partial charge in [0.1, 0.15) is 16.5 Å². The summed E-state index contributed by atoms with van der Waals surface area (Å²) in [4.78, 5) is 26.6. The maximum atomic E-state index is 12.1. The molecule has 1 aliphatic heterocycles. The summed E-state index contributed by atoms with van der Waals surface area (Å²) in [5.41, 5.74) is -0.689. The quantitative estimate of drug-likeness (QED) is 0.692. The number of hydrogen-bond acceptors (Lipinski definition) is 4. The van der Waals surface area contributed by atoms with Gasteiger partial charge < -0.3 is 10.3 Å². The summed E-state index contributed by atoms with van der Waals surface area (Å²) in [5.74, 6) is -0.931. The van der Waals surface area contributed by atoms with Gasteiger partial charge in [-0.05, 0) is 18.2 Å². The van der Waals surface area contributed by atoms with Crippen molar-refractivity contribution in [1.29, 1.82) is 0 Å². The average Bonchev–Trinajstić information content (AvgIpc) is 2.45. The monoisotopic (exact) mass is 280 g/mol. The molecule has 0 aromatic heterocycles. The lowest BCUT2D eigenvalue weighted by atomic mass is 10.2. The van der Waals surface area contributed by atoms with E-state index in [2.05, 4.69) is 4.99 Å². The highest BCUT2D eigenvalue weighted by atomic mass is 35.5. The Bertz CT molecular complexity index is 857. The summed E-state index contributed by atoms with van der Waals surface area (Å²) in [6.07, 6.45) is 1.22. The largest absolute Gasteiger partial charge is 0.507 e. The Kier molecular flexibility index (Phi) is 3.26. The Hall–Kier alpha value is -2.34. The molecule has 0 bridgehead atoms. The Balaban J connectivity index is 3.25. The lowest BCUT2D eigenvalue weighted by molar-refractivity contribution is -0.116. The zero-order chi connectivity index (χ0) is 14.2. The Morgan fingerprint density at radius 2 is 2.16 bits per heavy atom. The second kappa shape index (κ2) is 4.74. The molecule has 0 saturated carbocycles. The normalized spacial score (nSPS) is 11.8. The third kappa shape index (κ3) is 2.30. The predicted molar refractivity (Wildman–Crippen MR) is 66.1 cm³/mol. The number of aromatic nitrogens is 1. The Morgan fingerprint density at radius 1 is 1.47 bits per heavy atom. The molecule has 0 radical (unpaired) electrons. The van der Waals surface area contributed by atoms with Crippen molar-refractivity contribution in [1.82, 2.24) is 4.73 Å². The molecule has 7 heteroatoms. The van der Waals surface area contributed by atoms with Crippen molar-refractivity contribution in [3.63, 3.8) is 0 Å². The molecule has 0 aromatic rings. The molecule has 0 fully saturated rings. The van der Waals surface area contributed by atoms with Crippen LogP contribution in [0.2, 0.25) is 5.02 Å². The number of carbonyl (C=O) groups excluding carboxylic acids is 1. The van der Waals surface area contributed by atoms with E-state index < -0.39 is 11.3 Å². The van der Waals surface area contributed by atoms with Crippen molar-refractivity contribution in [3.8, 4) is 5.75 Å². The van der Waals surface area contributed by atoms with Gasteiger partial charge >= 0.3 is 0 Å². The minimum Gasteiger partial charge on any atom is -0.507 e. The van der Waals surface area contributed by atoms with Gasteiger partial charge in [-0.25, -0.2) is 4.99 Å². The maximum absolute atomic E-state index is 12.1. The van der Waals surface area contributed by atoms with Crippen LogP contribution < -0.4 is 10.8 Å². The smallest absolute Gasteiger partial charge is 0.243 e. The zero-order valence-electron chi connectivity index (χ0n) is 9.79. The lowest BCUT2D eigenvalue weighted by Gasteiger charge is -1.98. The molecule has 2 rings (SSSR count). The number of rotatable bonds is 0. The lowest BCUT2D eigenvalue weighted by Crippen LogP contribution is -2.27. The van der Waals surface area contributed by atoms with Gasteiger partial charge in [0, 0.05) is 13.1 Å². The minimum absolute atomic E-state index is 0.0106. The standard InChI is InChI=1S/C12H9ClN2O4/c1-6(16)14-8-5-7(13)11-10(12(8)18)9(17)3-2-4-15(11)19/h2-5,17,19H,1H3. The van der Waals surface area contributed by atoms with Crippen LogP contribution >= 0.6 is 11.6 Å². The second-order valence-corrected chi connectivity index (χ2v) is 4.21. The van der Waals surface area contributed by atoms with Gasteiger partial charge in [-0.1, -0.05) is 11.6 Å². The van der Waals surface area contributed by atoms with Crippen LogP contribution in [0.1, 0.15) is 6.92 Å². The van der Waals surface area contributed by atoms with Crippen molar-refractivity contribution in [3.05, 3.63) is 55.6 Å². The third-order valence-corrected chi connectivity index (χ3v) is 2.72. The predicted octanol–water partition coefficient (Wildman–Crippen LogP) is 0.617. The molecular formula is C12H9ClN2O4. The third-order valence-electron chi connectivity index (χ3n) is 2.43. The van der Waals surface area contributed by atoms with E-state index in [9.17, 15) is 19.9 Å². The molecule has 98 valence electrons. The summed E-state index contributed by atoms with van der Waals surface area (Å²) in [6, 6.07) is 3.73. The van der Waals surface area contributed by atoms with Gasteiger partial charge in [0.25, 0.3) is 0 Å². The van der Waals surface area contributed by atoms with Crippen LogP contribution in [0.5, 0.6) is 5.75 Å². The van der Waals surface area contributed by atoms with Gasteiger partial charge in [0.15, 0.2) is 0 Å². The fourth-order valence-electron chi connectivity index (χ4n) is 1.70. The molecule has 0 saturated heterocycles. The average molecular weight is 281 g/mol. The van der Waals surface area contributed by atoms with Crippen molar-refractivity contribution >= 4 is 17.5 Å². The summed E-state index contributed by atoms with van der Waals surface area (Å²) in [5, 5.41) is 19.1. The molecule has 0 spiro atoms. The number of nitrogens with zero attached hydrogens (tertiary/aromatic N) is 2. The van der Waals surface area contributed by atoms with E-state index in [1.54, 1.807) is 0 Å². The van der Waals surface area contributed by atoms with Gasteiger partial charge in [0.2, 0.25) is 11.3 Å². The van der Waals surface area contributed by atoms with Crippen LogP contribution in [0.4, 0.5) is 0 Å². The van der Waals surface area contributed by atoms with E-state index in [0.717, 1.165) is 0 Å². The molecule has 6 nitrogen and oxygen atoms in total. The van der Waals surface area contributed by atoms with Crippen LogP contribution in [0.25, 0.3) is 0 Å². The summed E-state index contributed by atoms with van der Waals surface area (Å²) in [7, 11) is 0. The first kappa shape index (κ1) is 13.1. The molecule has 19 heavy (non-hydrogen) atoms. The Morgan fingerprint density at radius 3 is 2.79 bits per heavy atom. The molecule has 1 aliphatic carbocycles. The fraction of sp³-hybridized carbons (Fsp3) is 0.0833. The molecule has 2 N–H and O–H groups in total. The maximum Gasteiger partial charge on any atom is 0.243 e. The highest BCUT2D eigenvalue weighted by Crippen LogP contribution is 2.13. The molecule has 0 aromatic carbocycles. The van der Waals surface area contributed by atoms with Crippen molar-refractivity contribution in [2.24, 2.45) is 4.99 Å². The number of amides is 1. The van der Waals surface area contributed by atoms with Gasteiger partial charge in [0.05, 0.1) is 10.2 Å². The first-order chi connectivity index (χ1) is 8.91. The Labute approximate surface area is 111 Å².